The molecule has 0 aliphatic carbocycles. The second-order valence-corrected chi connectivity index (χ2v) is 5.55. The Morgan fingerprint density at radius 1 is 1.53 bits per heavy atom. The van der Waals surface area contributed by atoms with Crippen LogP contribution in [0.25, 0.3) is 0 Å². The predicted molar refractivity (Wildman–Crippen MR) is 68.6 cm³/mol. The van der Waals surface area contributed by atoms with E-state index in [2.05, 4.69) is 15.4 Å². The van der Waals surface area contributed by atoms with Crippen molar-refractivity contribution in [3.8, 4) is 0 Å². The number of carbonyl (C=O) groups excluding carboxylic acids is 1. The summed E-state index contributed by atoms with van der Waals surface area (Å²) in [4.78, 5) is 14.2. The minimum atomic E-state index is -0.199. The minimum Gasteiger partial charge on any atom is -0.393 e. The highest BCUT2D eigenvalue weighted by atomic mass is 16.5. The Morgan fingerprint density at radius 2 is 2.21 bits per heavy atom. The molecule has 1 aromatic heterocycles. The molecule has 2 atom stereocenters. The number of carbonyl (C=O) groups is 1. The van der Waals surface area contributed by atoms with Gasteiger partial charge in [0.15, 0.2) is 5.82 Å². The van der Waals surface area contributed by atoms with Gasteiger partial charge < -0.3 is 14.9 Å². The number of fused-ring (bicyclic) bond motifs is 2. The first-order chi connectivity index (χ1) is 9.11. The van der Waals surface area contributed by atoms with Crippen LogP contribution in [0.3, 0.4) is 0 Å². The number of hydrogen-bond acceptors (Lipinski definition) is 5. The number of rotatable bonds is 3. The number of aliphatic hydroxyl groups excluding tert-OH is 1. The van der Waals surface area contributed by atoms with E-state index in [0.717, 1.165) is 25.7 Å². The zero-order valence-corrected chi connectivity index (χ0v) is 11.0. The average molecular weight is 265 g/mol. The van der Waals surface area contributed by atoms with Crippen molar-refractivity contribution in [3.05, 3.63) is 11.8 Å². The lowest BCUT2D eigenvalue weighted by Crippen LogP contribution is -2.47. The summed E-state index contributed by atoms with van der Waals surface area (Å²) in [5, 5.41) is 16.2. The van der Waals surface area contributed by atoms with Crippen LogP contribution in [0.15, 0.2) is 10.6 Å². The fraction of sp³-hybridized carbons (Fsp3) is 0.692. The van der Waals surface area contributed by atoms with Crippen LogP contribution in [0.1, 0.15) is 31.4 Å². The van der Waals surface area contributed by atoms with Gasteiger partial charge in [-0.2, -0.15) is 0 Å². The molecule has 1 amide bonds. The molecule has 1 aromatic rings. The van der Waals surface area contributed by atoms with Crippen LogP contribution in [0, 0.1) is 6.92 Å². The molecule has 0 spiro atoms. The molecule has 2 aliphatic rings. The van der Waals surface area contributed by atoms with E-state index in [4.69, 9.17) is 4.52 Å². The average Bonchev–Trinajstić information content (AvgIpc) is 2.83. The molecular formula is C13H19N3O3. The van der Waals surface area contributed by atoms with Gasteiger partial charge in [-0.05, 0) is 32.6 Å². The lowest BCUT2D eigenvalue weighted by atomic mass is 10.00. The largest absolute Gasteiger partial charge is 0.393 e. The third-order valence-corrected chi connectivity index (χ3v) is 4.08. The van der Waals surface area contributed by atoms with Gasteiger partial charge in [-0.3, -0.25) is 9.69 Å². The Balaban J connectivity index is 1.58. The first-order valence-corrected chi connectivity index (χ1v) is 6.79. The van der Waals surface area contributed by atoms with Crippen LogP contribution >= 0.6 is 0 Å². The summed E-state index contributed by atoms with van der Waals surface area (Å²) in [6, 6.07) is 2.39. The molecule has 2 N–H and O–H groups in total. The number of amides is 1. The standard InChI is InChI=1S/C13H19N3O3/c1-8-4-12(15-19-8)14-13(18)7-16-9-2-3-10(16)6-11(17)5-9/h4,9-11,17H,2-3,5-7H2,1H3,(H,14,15,18). The summed E-state index contributed by atoms with van der Waals surface area (Å²) < 4.78 is 4.91. The first-order valence-electron chi connectivity index (χ1n) is 6.79. The van der Waals surface area contributed by atoms with E-state index >= 15 is 0 Å². The van der Waals surface area contributed by atoms with Gasteiger partial charge in [-0.25, -0.2) is 0 Å². The maximum atomic E-state index is 12.0. The fourth-order valence-electron chi connectivity index (χ4n) is 3.28. The maximum absolute atomic E-state index is 12.0. The molecule has 0 aromatic carbocycles. The number of hydrogen-bond donors (Lipinski definition) is 2. The SMILES string of the molecule is Cc1cc(NC(=O)CN2C3CCC2CC(O)C3)no1. The third-order valence-electron chi connectivity index (χ3n) is 4.08. The first kappa shape index (κ1) is 12.6. The summed E-state index contributed by atoms with van der Waals surface area (Å²) in [6.45, 7) is 2.16. The number of nitrogens with zero attached hydrogens (tertiary/aromatic N) is 2. The molecule has 104 valence electrons. The smallest absolute Gasteiger partial charge is 0.239 e. The number of aryl methyl sites for hydroxylation is 1. The Hall–Kier alpha value is -1.40. The van der Waals surface area contributed by atoms with Gasteiger partial charge in [0.1, 0.15) is 5.76 Å². The molecule has 6 nitrogen and oxygen atoms in total. The van der Waals surface area contributed by atoms with Crippen molar-refractivity contribution in [2.45, 2.75) is 50.8 Å². The zero-order valence-electron chi connectivity index (χ0n) is 11.0. The number of nitrogens with one attached hydrogen (secondary N) is 1. The monoisotopic (exact) mass is 265 g/mol. The van der Waals surface area contributed by atoms with Crippen LogP contribution in [-0.4, -0.2) is 45.8 Å². The second-order valence-electron chi connectivity index (χ2n) is 5.55. The molecule has 3 rings (SSSR count). The van der Waals surface area contributed by atoms with E-state index < -0.39 is 0 Å². The predicted octanol–water partition coefficient (Wildman–Crippen LogP) is 0.909. The zero-order chi connectivity index (χ0) is 13.4. The minimum absolute atomic E-state index is 0.0680. The van der Waals surface area contributed by atoms with Crippen LogP contribution in [0.2, 0.25) is 0 Å². The van der Waals surface area contributed by atoms with E-state index in [1.54, 1.807) is 13.0 Å². The van der Waals surface area contributed by atoms with Crippen LogP contribution < -0.4 is 5.32 Å². The summed E-state index contributed by atoms with van der Waals surface area (Å²) in [6.07, 6.45) is 3.53. The molecule has 2 saturated heterocycles. The molecule has 2 fully saturated rings. The van der Waals surface area contributed by atoms with Gasteiger partial charge in [0.2, 0.25) is 5.91 Å². The lowest BCUT2D eigenvalue weighted by Gasteiger charge is -2.36. The summed E-state index contributed by atoms with van der Waals surface area (Å²) in [7, 11) is 0. The maximum Gasteiger partial charge on any atom is 0.239 e. The number of piperidine rings is 1. The van der Waals surface area contributed by atoms with Crippen molar-refractivity contribution in [1.82, 2.24) is 10.1 Å². The summed E-state index contributed by atoms with van der Waals surface area (Å²) in [5.41, 5.74) is 0. The van der Waals surface area contributed by atoms with E-state index in [1.807, 2.05) is 0 Å². The molecule has 2 aliphatic heterocycles. The molecule has 2 bridgehead atoms. The number of aromatic nitrogens is 1. The van der Waals surface area contributed by atoms with Gasteiger partial charge in [-0.15, -0.1) is 0 Å². The van der Waals surface area contributed by atoms with E-state index in [9.17, 15) is 9.90 Å². The summed E-state index contributed by atoms with van der Waals surface area (Å²) in [5.74, 6) is 1.07. The number of aliphatic hydroxyl groups is 1. The van der Waals surface area contributed by atoms with Gasteiger partial charge in [0.25, 0.3) is 0 Å². The van der Waals surface area contributed by atoms with Crippen molar-refractivity contribution >= 4 is 11.7 Å². The Bertz CT molecular complexity index is 459. The third kappa shape index (κ3) is 2.64. The van der Waals surface area contributed by atoms with E-state index in [-0.39, 0.29) is 12.0 Å². The van der Waals surface area contributed by atoms with Crippen molar-refractivity contribution in [1.29, 1.82) is 0 Å². The lowest BCUT2D eigenvalue weighted by molar-refractivity contribution is -0.119. The van der Waals surface area contributed by atoms with Crippen molar-refractivity contribution in [2.75, 3.05) is 11.9 Å². The summed E-state index contributed by atoms with van der Waals surface area (Å²) >= 11 is 0. The Kier molecular flexibility index (Phi) is 3.28. The number of anilines is 1. The molecule has 0 saturated carbocycles. The molecule has 19 heavy (non-hydrogen) atoms. The van der Waals surface area contributed by atoms with Crippen LogP contribution in [0.5, 0.6) is 0 Å². The van der Waals surface area contributed by atoms with Crippen LogP contribution in [-0.2, 0) is 4.79 Å². The van der Waals surface area contributed by atoms with E-state index in [1.165, 1.54) is 0 Å². The Labute approximate surface area is 111 Å². The van der Waals surface area contributed by atoms with Crippen molar-refractivity contribution < 1.29 is 14.4 Å². The highest BCUT2D eigenvalue weighted by Crippen LogP contribution is 2.35. The quantitative estimate of drug-likeness (QED) is 0.849. The fourth-order valence-corrected chi connectivity index (χ4v) is 3.28. The highest BCUT2D eigenvalue weighted by molar-refractivity contribution is 5.91. The van der Waals surface area contributed by atoms with Crippen LogP contribution in [0.4, 0.5) is 5.82 Å². The molecular weight excluding hydrogens is 246 g/mol. The van der Waals surface area contributed by atoms with Gasteiger partial charge in [-0.1, -0.05) is 5.16 Å². The molecule has 0 radical (unpaired) electrons. The van der Waals surface area contributed by atoms with Gasteiger partial charge >= 0.3 is 0 Å². The van der Waals surface area contributed by atoms with Gasteiger partial charge in [0.05, 0.1) is 12.6 Å². The van der Waals surface area contributed by atoms with Crippen molar-refractivity contribution in [2.24, 2.45) is 0 Å². The molecule has 6 heteroatoms. The molecule has 3 heterocycles. The van der Waals surface area contributed by atoms with Gasteiger partial charge in [0, 0.05) is 18.2 Å². The topological polar surface area (TPSA) is 78.6 Å². The second kappa shape index (κ2) is 4.94. The normalized spacial score (nSPS) is 30.5. The molecule has 2 unspecified atom stereocenters. The van der Waals surface area contributed by atoms with Crippen molar-refractivity contribution in [3.63, 3.8) is 0 Å². The Morgan fingerprint density at radius 3 is 2.79 bits per heavy atom. The van der Waals surface area contributed by atoms with E-state index in [0.29, 0.717) is 30.2 Å². The highest BCUT2D eigenvalue weighted by Gasteiger charge is 2.40.